The summed E-state index contributed by atoms with van der Waals surface area (Å²) in [6.07, 6.45) is 1.74. The van der Waals surface area contributed by atoms with Crippen LogP contribution in [0.15, 0.2) is 48.5 Å². The van der Waals surface area contributed by atoms with E-state index >= 15 is 0 Å². The lowest BCUT2D eigenvalue weighted by Crippen LogP contribution is -2.30. The lowest BCUT2D eigenvalue weighted by Gasteiger charge is -2.27. The van der Waals surface area contributed by atoms with E-state index in [4.69, 9.17) is 9.47 Å². The Balaban J connectivity index is 1.68. The molecular formula is C24H31NO4S. The Morgan fingerprint density at radius 1 is 1.17 bits per heavy atom. The maximum atomic E-state index is 12.5. The van der Waals surface area contributed by atoms with Crippen LogP contribution < -0.4 is 9.47 Å². The van der Waals surface area contributed by atoms with Gasteiger partial charge in [0, 0.05) is 13.2 Å². The quantitative estimate of drug-likeness (QED) is 0.596. The lowest BCUT2D eigenvalue weighted by molar-refractivity contribution is -0.128. The van der Waals surface area contributed by atoms with E-state index < -0.39 is 0 Å². The molecule has 0 radical (unpaired) electrons. The van der Waals surface area contributed by atoms with Gasteiger partial charge < -0.3 is 19.5 Å². The van der Waals surface area contributed by atoms with Crippen molar-refractivity contribution in [1.82, 2.24) is 4.90 Å². The molecule has 1 aliphatic heterocycles. The molecule has 1 amide bonds. The van der Waals surface area contributed by atoms with E-state index in [1.54, 1.807) is 18.9 Å². The standard InChI is InChI=1S/C24H31NO4S/c1-24(2,17-26)12-7-13-25-22(27)16-30-23(25)19-10-11-20(21(14-19)28-3)29-15-18-8-5-4-6-9-18/h4-6,8-11,14,23,26H,7,12-13,15-17H2,1-3H3. The number of hydrogen-bond donors (Lipinski definition) is 1. The van der Waals surface area contributed by atoms with Crippen molar-refractivity contribution in [3.05, 3.63) is 59.7 Å². The molecule has 1 unspecified atom stereocenters. The van der Waals surface area contributed by atoms with Crippen LogP contribution in [0.2, 0.25) is 0 Å². The Kier molecular flexibility index (Phi) is 7.67. The third-order valence-electron chi connectivity index (χ3n) is 5.36. The first-order valence-corrected chi connectivity index (χ1v) is 11.3. The molecule has 0 aliphatic carbocycles. The van der Waals surface area contributed by atoms with Crippen LogP contribution in [0.3, 0.4) is 0 Å². The van der Waals surface area contributed by atoms with E-state index in [9.17, 15) is 9.90 Å². The molecule has 0 saturated carbocycles. The molecule has 1 saturated heterocycles. The fourth-order valence-corrected chi connectivity index (χ4v) is 4.68. The van der Waals surface area contributed by atoms with Gasteiger partial charge in [-0.1, -0.05) is 50.2 Å². The predicted octanol–water partition coefficient (Wildman–Crippen LogP) is 4.65. The van der Waals surface area contributed by atoms with E-state index in [1.165, 1.54) is 0 Å². The molecule has 1 aliphatic rings. The zero-order valence-electron chi connectivity index (χ0n) is 18.0. The fourth-order valence-electron chi connectivity index (χ4n) is 3.47. The van der Waals surface area contributed by atoms with Gasteiger partial charge in [-0.15, -0.1) is 11.8 Å². The van der Waals surface area contributed by atoms with Crippen LogP contribution in [-0.2, 0) is 11.4 Å². The minimum Gasteiger partial charge on any atom is -0.493 e. The SMILES string of the molecule is COc1cc(C2SCC(=O)N2CCCC(C)(C)CO)ccc1OCc1ccccc1. The van der Waals surface area contributed by atoms with E-state index in [0.717, 1.165) is 24.0 Å². The van der Waals surface area contributed by atoms with Crippen molar-refractivity contribution in [3.8, 4) is 11.5 Å². The Labute approximate surface area is 183 Å². The first kappa shape index (κ1) is 22.5. The Hall–Kier alpha value is -2.18. The third kappa shape index (κ3) is 5.70. The van der Waals surface area contributed by atoms with Gasteiger partial charge in [-0.05, 0) is 41.5 Å². The fraction of sp³-hybridized carbons (Fsp3) is 0.458. The number of rotatable bonds is 10. The monoisotopic (exact) mass is 429 g/mol. The highest BCUT2D eigenvalue weighted by Crippen LogP contribution is 2.42. The number of aliphatic hydroxyl groups excluding tert-OH is 1. The van der Waals surface area contributed by atoms with Gasteiger partial charge in [0.2, 0.25) is 5.91 Å². The second-order valence-electron chi connectivity index (χ2n) is 8.36. The topological polar surface area (TPSA) is 59.0 Å². The molecule has 2 aromatic carbocycles. The zero-order valence-corrected chi connectivity index (χ0v) is 18.8. The summed E-state index contributed by atoms with van der Waals surface area (Å²) in [6.45, 7) is 5.41. The van der Waals surface area contributed by atoms with Crippen molar-refractivity contribution in [2.45, 2.75) is 38.7 Å². The highest BCUT2D eigenvalue weighted by molar-refractivity contribution is 8.00. The summed E-state index contributed by atoms with van der Waals surface area (Å²) in [5, 5.41) is 9.44. The highest BCUT2D eigenvalue weighted by Gasteiger charge is 2.33. The van der Waals surface area contributed by atoms with Crippen LogP contribution in [0.1, 0.15) is 43.2 Å². The summed E-state index contributed by atoms with van der Waals surface area (Å²) < 4.78 is 11.5. The number of methoxy groups -OCH3 is 1. The largest absolute Gasteiger partial charge is 0.493 e. The van der Waals surface area contributed by atoms with Crippen LogP contribution >= 0.6 is 11.8 Å². The lowest BCUT2D eigenvalue weighted by atomic mass is 9.89. The number of amides is 1. The normalized spacial score (nSPS) is 16.7. The van der Waals surface area contributed by atoms with Crippen molar-refractivity contribution in [3.63, 3.8) is 0 Å². The molecule has 1 heterocycles. The molecular weight excluding hydrogens is 398 g/mol. The predicted molar refractivity (Wildman–Crippen MR) is 121 cm³/mol. The van der Waals surface area contributed by atoms with Gasteiger partial charge in [0.15, 0.2) is 11.5 Å². The molecule has 3 rings (SSSR count). The summed E-state index contributed by atoms with van der Waals surface area (Å²) in [4.78, 5) is 14.4. The molecule has 5 nitrogen and oxygen atoms in total. The van der Waals surface area contributed by atoms with Crippen molar-refractivity contribution in [2.24, 2.45) is 5.41 Å². The van der Waals surface area contributed by atoms with Gasteiger partial charge in [0.05, 0.1) is 12.9 Å². The Bertz CT molecular complexity index is 840. The molecule has 0 aromatic heterocycles. The molecule has 0 spiro atoms. The molecule has 1 fully saturated rings. The minimum absolute atomic E-state index is 0.0215. The van der Waals surface area contributed by atoms with Crippen LogP contribution in [-0.4, -0.2) is 41.9 Å². The van der Waals surface area contributed by atoms with Crippen molar-refractivity contribution >= 4 is 17.7 Å². The number of hydrogen-bond acceptors (Lipinski definition) is 5. The molecule has 6 heteroatoms. The average Bonchev–Trinajstić information content (AvgIpc) is 3.13. The van der Waals surface area contributed by atoms with Crippen molar-refractivity contribution in [2.75, 3.05) is 26.0 Å². The van der Waals surface area contributed by atoms with Crippen LogP contribution in [0, 0.1) is 5.41 Å². The van der Waals surface area contributed by atoms with Crippen LogP contribution in [0.4, 0.5) is 0 Å². The molecule has 162 valence electrons. The number of nitrogens with zero attached hydrogens (tertiary/aromatic N) is 1. The maximum Gasteiger partial charge on any atom is 0.233 e. The first-order chi connectivity index (χ1) is 14.4. The Morgan fingerprint density at radius 3 is 2.63 bits per heavy atom. The number of thioether (sulfide) groups is 1. The summed E-state index contributed by atoms with van der Waals surface area (Å²) in [6, 6.07) is 15.9. The molecule has 2 aromatic rings. The van der Waals surface area contributed by atoms with E-state index in [2.05, 4.69) is 0 Å². The second kappa shape index (κ2) is 10.2. The van der Waals surface area contributed by atoms with Gasteiger partial charge >= 0.3 is 0 Å². The van der Waals surface area contributed by atoms with Crippen LogP contribution in [0.25, 0.3) is 0 Å². The maximum absolute atomic E-state index is 12.5. The summed E-state index contributed by atoms with van der Waals surface area (Å²) >= 11 is 1.64. The van der Waals surface area contributed by atoms with Crippen molar-refractivity contribution < 1.29 is 19.4 Å². The summed E-state index contributed by atoms with van der Waals surface area (Å²) in [7, 11) is 1.64. The smallest absolute Gasteiger partial charge is 0.233 e. The van der Waals surface area contributed by atoms with E-state index in [-0.39, 0.29) is 23.3 Å². The van der Waals surface area contributed by atoms with Gasteiger partial charge in [0.1, 0.15) is 12.0 Å². The zero-order chi connectivity index (χ0) is 21.6. The summed E-state index contributed by atoms with van der Waals surface area (Å²) in [5.74, 6) is 2.01. The molecule has 1 atom stereocenters. The highest BCUT2D eigenvalue weighted by atomic mass is 32.2. The average molecular weight is 430 g/mol. The second-order valence-corrected chi connectivity index (χ2v) is 9.43. The minimum atomic E-state index is -0.119. The summed E-state index contributed by atoms with van der Waals surface area (Å²) in [5.41, 5.74) is 2.01. The number of carbonyl (C=O) groups excluding carboxylic acids is 1. The van der Waals surface area contributed by atoms with Gasteiger partial charge in [-0.3, -0.25) is 4.79 Å². The van der Waals surface area contributed by atoms with Gasteiger partial charge in [-0.25, -0.2) is 0 Å². The number of benzene rings is 2. The number of ether oxygens (including phenoxy) is 2. The number of aliphatic hydroxyl groups is 1. The Morgan fingerprint density at radius 2 is 1.93 bits per heavy atom. The van der Waals surface area contributed by atoms with Gasteiger partial charge in [-0.2, -0.15) is 0 Å². The van der Waals surface area contributed by atoms with Crippen LogP contribution in [0.5, 0.6) is 11.5 Å². The molecule has 1 N–H and O–H groups in total. The van der Waals surface area contributed by atoms with E-state index in [1.807, 2.05) is 67.3 Å². The first-order valence-electron chi connectivity index (χ1n) is 10.3. The van der Waals surface area contributed by atoms with E-state index in [0.29, 0.717) is 30.4 Å². The molecule has 30 heavy (non-hydrogen) atoms. The third-order valence-corrected chi connectivity index (χ3v) is 6.61. The van der Waals surface area contributed by atoms with Gasteiger partial charge in [0.25, 0.3) is 0 Å². The molecule has 0 bridgehead atoms. The number of carbonyl (C=O) groups is 1. The van der Waals surface area contributed by atoms with Crippen molar-refractivity contribution in [1.29, 1.82) is 0 Å².